The second-order valence-corrected chi connectivity index (χ2v) is 7.80. The minimum Gasteiger partial charge on any atom is -0.497 e. The van der Waals surface area contributed by atoms with Gasteiger partial charge < -0.3 is 20.1 Å². The molecule has 0 fully saturated rings. The molecule has 31 heavy (non-hydrogen) atoms. The quantitative estimate of drug-likeness (QED) is 0.486. The normalized spacial score (nSPS) is 10.3. The van der Waals surface area contributed by atoms with E-state index in [1.165, 1.54) is 11.8 Å². The number of rotatable bonds is 8. The van der Waals surface area contributed by atoms with Gasteiger partial charge in [0.15, 0.2) is 0 Å². The van der Waals surface area contributed by atoms with Crippen LogP contribution in [0, 0.1) is 6.92 Å². The number of carbonyl (C=O) groups is 2. The monoisotopic (exact) mass is 436 g/mol. The van der Waals surface area contributed by atoms with Crippen molar-refractivity contribution in [1.82, 2.24) is 0 Å². The fourth-order valence-electron chi connectivity index (χ4n) is 2.82. The molecule has 160 valence electrons. The van der Waals surface area contributed by atoms with E-state index in [-0.39, 0.29) is 17.6 Å². The molecule has 3 aromatic rings. The first-order valence-electron chi connectivity index (χ1n) is 9.61. The number of hydrogen-bond acceptors (Lipinski definition) is 5. The average Bonchev–Trinajstić information content (AvgIpc) is 2.78. The molecular formula is C24H24N2O4S. The van der Waals surface area contributed by atoms with Gasteiger partial charge in [-0.3, -0.25) is 9.59 Å². The van der Waals surface area contributed by atoms with Crippen molar-refractivity contribution in [1.29, 1.82) is 0 Å². The SMILES string of the molecule is COc1ccc(OC)c(NC(=O)CSc2cccc(NC(=O)c3ccc(C)cc3)c2)c1. The standard InChI is InChI=1S/C24H24N2O4S/c1-16-7-9-17(10-8-16)24(28)25-18-5-4-6-20(13-18)31-15-23(27)26-21-14-19(29-2)11-12-22(21)30-3/h4-14H,15H2,1-3H3,(H,25,28)(H,26,27). The van der Waals surface area contributed by atoms with Crippen LogP contribution in [0.3, 0.4) is 0 Å². The van der Waals surface area contributed by atoms with Gasteiger partial charge in [-0.15, -0.1) is 11.8 Å². The molecule has 0 atom stereocenters. The Balaban J connectivity index is 1.59. The van der Waals surface area contributed by atoms with Gasteiger partial charge in [-0.25, -0.2) is 0 Å². The molecule has 0 radical (unpaired) electrons. The lowest BCUT2D eigenvalue weighted by Gasteiger charge is -2.12. The van der Waals surface area contributed by atoms with Gasteiger partial charge in [-0.1, -0.05) is 23.8 Å². The Kier molecular flexibility index (Phi) is 7.56. The number of thioether (sulfide) groups is 1. The van der Waals surface area contributed by atoms with Gasteiger partial charge in [0.2, 0.25) is 5.91 Å². The largest absolute Gasteiger partial charge is 0.497 e. The van der Waals surface area contributed by atoms with Gasteiger partial charge in [0.25, 0.3) is 5.91 Å². The highest BCUT2D eigenvalue weighted by molar-refractivity contribution is 8.00. The second-order valence-electron chi connectivity index (χ2n) is 6.75. The van der Waals surface area contributed by atoms with E-state index < -0.39 is 0 Å². The summed E-state index contributed by atoms with van der Waals surface area (Å²) < 4.78 is 10.5. The molecule has 0 bridgehead atoms. The minimum absolute atomic E-state index is 0.175. The third-order valence-corrected chi connectivity index (χ3v) is 5.45. The summed E-state index contributed by atoms with van der Waals surface area (Å²) in [6.07, 6.45) is 0. The predicted octanol–water partition coefficient (Wildman–Crippen LogP) is 5.00. The molecule has 0 heterocycles. The fraction of sp³-hybridized carbons (Fsp3) is 0.167. The number of benzene rings is 3. The fourth-order valence-corrected chi connectivity index (χ4v) is 3.57. The number of ether oxygens (including phenoxy) is 2. The van der Waals surface area contributed by atoms with Crippen molar-refractivity contribution < 1.29 is 19.1 Å². The van der Waals surface area contributed by atoms with Crippen molar-refractivity contribution in [2.75, 3.05) is 30.6 Å². The zero-order valence-electron chi connectivity index (χ0n) is 17.6. The highest BCUT2D eigenvalue weighted by Gasteiger charge is 2.11. The Morgan fingerprint density at radius 2 is 1.68 bits per heavy atom. The number of nitrogens with one attached hydrogen (secondary N) is 2. The molecule has 6 nitrogen and oxygen atoms in total. The molecule has 0 unspecified atom stereocenters. The molecule has 0 aliphatic heterocycles. The van der Waals surface area contributed by atoms with Crippen LogP contribution in [0.25, 0.3) is 0 Å². The summed E-state index contributed by atoms with van der Waals surface area (Å²) in [6, 6.07) is 20.0. The maximum Gasteiger partial charge on any atom is 0.255 e. The molecule has 0 aliphatic carbocycles. The molecule has 0 aliphatic rings. The lowest BCUT2D eigenvalue weighted by molar-refractivity contribution is -0.113. The van der Waals surface area contributed by atoms with E-state index >= 15 is 0 Å². The van der Waals surface area contributed by atoms with E-state index in [0.29, 0.717) is 28.4 Å². The maximum atomic E-state index is 12.4. The van der Waals surface area contributed by atoms with Crippen LogP contribution in [0.5, 0.6) is 11.5 Å². The summed E-state index contributed by atoms with van der Waals surface area (Å²) in [5, 5.41) is 5.73. The summed E-state index contributed by atoms with van der Waals surface area (Å²) in [5.41, 5.74) is 2.91. The molecule has 0 saturated carbocycles. The third-order valence-electron chi connectivity index (χ3n) is 4.46. The summed E-state index contributed by atoms with van der Waals surface area (Å²) in [7, 11) is 3.11. The second kappa shape index (κ2) is 10.5. The van der Waals surface area contributed by atoms with Gasteiger partial charge in [-0.05, 0) is 49.4 Å². The van der Waals surface area contributed by atoms with E-state index in [4.69, 9.17) is 9.47 Å². The van der Waals surface area contributed by atoms with Crippen LogP contribution in [0.4, 0.5) is 11.4 Å². The Morgan fingerprint density at radius 1 is 0.903 bits per heavy atom. The zero-order chi connectivity index (χ0) is 22.2. The van der Waals surface area contributed by atoms with Gasteiger partial charge in [0.1, 0.15) is 11.5 Å². The van der Waals surface area contributed by atoms with Crippen LogP contribution in [0.1, 0.15) is 15.9 Å². The summed E-state index contributed by atoms with van der Waals surface area (Å²) in [4.78, 5) is 25.7. The smallest absolute Gasteiger partial charge is 0.255 e. The third kappa shape index (κ3) is 6.26. The Hall–Kier alpha value is -3.45. The van der Waals surface area contributed by atoms with E-state index in [1.807, 2.05) is 43.3 Å². The van der Waals surface area contributed by atoms with E-state index in [9.17, 15) is 9.59 Å². The maximum absolute atomic E-state index is 12.4. The summed E-state index contributed by atoms with van der Waals surface area (Å²) in [5.74, 6) is 1.03. The topological polar surface area (TPSA) is 76.7 Å². The number of aryl methyl sites for hydroxylation is 1. The first-order valence-corrected chi connectivity index (χ1v) is 10.6. The van der Waals surface area contributed by atoms with Crippen LogP contribution in [0.2, 0.25) is 0 Å². The molecule has 2 amide bonds. The predicted molar refractivity (Wildman–Crippen MR) is 124 cm³/mol. The van der Waals surface area contributed by atoms with Crippen LogP contribution in [-0.4, -0.2) is 31.8 Å². The van der Waals surface area contributed by atoms with Gasteiger partial charge >= 0.3 is 0 Å². The van der Waals surface area contributed by atoms with Crippen LogP contribution in [-0.2, 0) is 4.79 Å². The molecule has 3 rings (SSSR count). The van der Waals surface area contributed by atoms with Crippen molar-refractivity contribution in [3.05, 3.63) is 77.9 Å². The molecule has 0 aromatic heterocycles. The number of hydrogen-bond donors (Lipinski definition) is 2. The highest BCUT2D eigenvalue weighted by atomic mass is 32.2. The first kappa shape index (κ1) is 22.2. The summed E-state index contributed by atoms with van der Waals surface area (Å²) in [6.45, 7) is 1.98. The van der Waals surface area contributed by atoms with Crippen LogP contribution < -0.4 is 20.1 Å². The molecule has 0 spiro atoms. The number of carbonyl (C=O) groups excluding carboxylic acids is 2. The van der Waals surface area contributed by atoms with E-state index in [0.717, 1.165) is 10.5 Å². The van der Waals surface area contributed by atoms with Gasteiger partial charge in [-0.2, -0.15) is 0 Å². The molecule has 3 aromatic carbocycles. The number of methoxy groups -OCH3 is 2. The Labute approximate surface area is 186 Å². The van der Waals surface area contributed by atoms with Crippen molar-refractivity contribution in [3.8, 4) is 11.5 Å². The molecule has 7 heteroatoms. The summed E-state index contributed by atoms with van der Waals surface area (Å²) >= 11 is 1.37. The first-order chi connectivity index (χ1) is 15.0. The average molecular weight is 437 g/mol. The molecular weight excluding hydrogens is 412 g/mol. The van der Waals surface area contributed by atoms with Crippen molar-refractivity contribution in [2.45, 2.75) is 11.8 Å². The Bertz CT molecular complexity index is 1070. The van der Waals surface area contributed by atoms with Crippen LogP contribution >= 0.6 is 11.8 Å². The lowest BCUT2D eigenvalue weighted by Crippen LogP contribution is -2.15. The van der Waals surface area contributed by atoms with Gasteiger partial charge in [0.05, 0.1) is 25.7 Å². The zero-order valence-corrected chi connectivity index (χ0v) is 18.4. The highest BCUT2D eigenvalue weighted by Crippen LogP contribution is 2.29. The Morgan fingerprint density at radius 3 is 2.39 bits per heavy atom. The van der Waals surface area contributed by atoms with Crippen LogP contribution in [0.15, 0.2) is 71.6 Å². The number of anilines is 2. The van der Waals surface area contributed by atoms with E-state index in [1.54, 1.807) is 44.6 Å². The molecule has 0 saturated heterocycles. The van der Waals surface area contributed by atoms with E-state index in [2.05, 4.69) is 10.6 Å². The minimum atomic E-state index is -0.176. The van der Waals surface area contributed by atoms with Gasteiger partial charge in [0, 0.05) is 22.2 Å². The van der Waals surface area contributed by atoms with Crippen molar-refractivity contribution in [3.63, 3.8) is 0 Å². The van der Waals surface area contributed by atoms with Crippen molar-refractivity contribution in [2.24, 2.45) is 0 Å². The lowest BCUT2D eigenvalue weighted by atomic mass is 10.1. The number of amides is 2. The van der Waals surface area contributed by atoms with Crippen molar-refractivity contribution >= 4 is 35.0 Å². The molecule has 2 N–H and O–H groups in total.